The predicted octanol–water partition coefficient (Wildman–Crippen LogP) is 5.68. The van der Waals surface area contributed by atoms with Gasteiger partial charge in [-0.2, -0.15) is 10.4 Å². The maximum absolute atomic E-state index is 14.3. The Kier molecular flexibility index (Phi) is 7.24. The lowest BCUT2D eigenvalue weighted by Gasteiger charge is -2.32. The molecule has 196 valence electrons. The van der Waals surface area contributed by atoms with Crippen molar-refractivity contribution in [2.24, 2.45) is 7.05 Å². The number of carbonyl (C=O) groups is 2. The van der Waals surface area contributed by atoms with Gasteiger partial charge in [-0.15, -0.1) is 0 Å². The van der Waals surface area contributed by atoms with E-state index < -0.39 is 11.7 Å². The van der Waals surface area contributed by atoms with Crippen molar-refractivity contribution in [1.82, 2.24) is 14.7 Å². The highest BCUT2D eigenvalue weighted by molar-refractivity contribution is 6.05. The molecule has 1 aliphatic rings. The molecule has 39 heavy (non-hydrogen) atoms. The van der Waals surface area contributed by atoms with E-state index in [9.17, 15) is 14.0 Å². The zero-order valence-corrected chi connectivity index (χ0v) is 21.8. The summed E-state index contributed by atoms with van der Waals surface area (Å²) >= 11 is 0. The van der Waals surface area contributed by atoms with E-state index in [0.717, 1.165) is 35.6 Å². The lowest BCUT2D eigenvalue weighted by atomic mass is 9.88. The van der Waals surface area contributed by atoms with Crippen molar-refractivity contribution in [3.8, 4) is 17.2 Å². The monoisotopic (exact) mass is 521 g/mol. The Morgan fingerprint density at radius 3 is 2.41 bits per heavy atom. The smallest absolute Gasteiger partial charge is 0.258 e. The first-order chi connectivity index (χ1) is 18.8. The van der Waals surface area contributed by atoms with Crippen molar-refractivity contribution in [2.75, 3.05) is 18.4 Å². The second-order valence-electron chi connectivity index (χ2n) is 9.88. The van der Waals surface area contributed by atoms with E-state index in [1.54, 1.807) is 22.9 Å². The summed E-state index contributed by atoms with van der Waals surface area (Å²) < 4.78 is 16.1. The van der Waals surface area contributed by atoms with Crippen LogP contribution in [0.5, 0.6) is 0 Å². The number of amides is 2. The van der Waals surface area contributed by atoms with Gasteiger partial charge in [0.15, 0.2) is 0 Å². The van der Waals surface area contributed by atoms with Gasteiger partial charge in [-0.25, -0.2) is 4.39 Å². The van der Waals surface area contributed by atoms with Gasteiger partial charge in [0.25, 0.3) is 11.8 Å². The topological polar surface area (TPSA) is 91.0 Å². The van der Waals surface area contributed by atoms with Crippen molar-refractivity contribution in [2.45, 2.75) is 25.7 Å². The summed E-state index contributed by atoms with van der Waals surface area (Å²) in [5.41, 5.74) is 5.11. The Balaban J connectivity index is 1.23. The van der Waals surface area contributed by atoms with Crippen molar-refractivity contribution in [3.05, 3.63) is 107 Å². The molecule has 1 fully saturated rings. The maximum Gasteiger partial charge on any atom is 0.258 e. The molecule has 0 spiro atoms. The highest BCUT2D eigenvalue weighted by Crippen LogP contribution is 2.31. The zero-order valence-electron chi connectivity index (χ0n) is 21.8. The lowest BCUT2D eigenvalue weighted by molar-refractivity contribution is 0.0712. The molecule has 0 atom stereocenters. The Morgan fingerprint density at radius 1 is 1.03 bits per heavy atom. The molecular formula is C31H28FN5O2. The molecule has 1 saturated heterocycles. The van der Waals surface area contributed by atoms with Crippen LogP contribution in [0.3, 0.4) is 0 Å². The first-order valence-electron chi connectivity index (χ1n) is 12.8. The van der Waals surface area contributed by atoms with Crippen molar-refractivity contribution < 1.29 is 14.0 Å². The van der Waals surface area contributed by atoms with Gasteiger partial charge in [0, 0.05) is 43.1 Å². The molecule has 0 bridgehead atoms. The number of piperidine rings is 1. The molecule has 5 rings (SSSR count). The summed E-state index contributed by atoms with van der Waals surface area (Å²) in [6, 6.07) is 19.3. The van der Waals surface area contributed by atoms with E-state index in [1.807, 2.05) is 37.3 Å². The summed E-state index contributed by atoms with van der Waals surface area (Å²) in [6.45, 7) is 3.09. The largest absolute Gasteiger partial charge is 0.339 e. The van der Waals surface area contributed by atoms with Gasteiger partial charge in [0.2, 0.25) is 0 Å². The van der Waals surface area contributed by atoms with Gasteiger partial charge in [-0.3, -0.25) is 14.3 Å². The van der Waals surface area contributed by atoms with E-state index in [2.05, 4.69) is 34.7 Å². The third kappa shape index (κ3) is 5.58. The molecule has 0 saturated carbocycles. The maximum atomic E-state index is 14.3. The van der Waals surface area contributed by atoms with Crippen LogP contribution in [0.2, 0.25) is 0 Å². The van der Waals surface area contributed by atoms with Gasteiger partial charge in [0.05, 0.1) is 23.4 Å². The summed E-state index contributed by atoms with van der Waals surface area (Å²) in [5, 5.41) is 15.9. The Morgan fingerprint density at radius 2 is 1.77 bits per heavy atom. The van der Waals surface area contributed by atoms with Gasteiger partial charge >= 0.3 is 0 Å². The summed E-state index contributed by atoms with van der Waals surface area (Å²) in [6.07, 6.45) is 5.58. The van der Waals surface area contributed by atoms with Crippen LogP contribution in [0.25, 0.3) is 11.1 Å². The predicted molar refractivity (Wildman–Crippen MR) is 147 cm³/mol. The van der Waals surface area contributed by atoms with Crippen molar-refractivity contribution in [3.63, 3.8) is 0 Å². The molecule has 4 aromatic rings. The Hall–Kier alpha value is -4.77. The molecule has 0 aliphatic carbocycles. The molecule has 7 nitrogen and oxygen atoms in total. The van der Waals surface area contributed by atoms with Crippen LogP contribution in [0.1, 0.15) is 56.2 Å². The van der Waals surface area contributed by atoms with Crippen LogP contribution in [0.15, 0.2) is 73.1 Å². The molecule has 1 aliphatic heterocycles. The average molecular weight is 522 g/mol. The highest BCUT2D eigenvalue weighted by Gasteiger charge is 2.25. The van der Waals surface area contributed by atoms with Crippen LogP contribution >= 0.6 is 0 Å². The van der Waals surface area contributed by atoms with Crippen molar-refractivity contribution in [1.29, 1.82) is 5.26 Å². The molecule has 2 heterocycles. The second-order valence-corrected chi connectivity index (χ2v) is 9.88. The minimum atomic E-state index is -0.772. The summed E-state index contributed by atoms with van der Waals surface area (Å²) in [5.74, 6) is -1.13. The summed E-state index contributed by atoms with van der Waals surface area (Å²) in [7, 11) is 1.90. The number of aryl methyl sites for hydroxylation is 2. The fraction of sp³-hybridized carbons (Fsp3) is 0.226. The van der Waals surface area contributed by atoms with Crippen LogP contribution < -0.4 is 5.32 Å². The third-order valence-corrected chi connectivity index (χ3v) is 7.28. The number of rotatable bonds is 5. The molecule has 0 radical (unpaired) electrons. The van der Waals surface area contributed by atoms with Gasteiger partial charge in [-0.05, 0) is 72.7 Å². The van der Waals surface area contributed by atoms with E-state index in [-0.39, 0.29) is 17.0 Å². The molecule has 1 aromatic heterocycles. The first-order valence-corrected chi connectivity index (χ1v) is 12.8. The SMILES string of the molecule is Cc1ccc(C(=O)N2CCC(c3ccc(-c4cnn(C)c4)cc3)CC2)cc1NC(=O)c1ccc(C#N)cc1F. The fourth-order valence-electron chi connectivity index (χ4n) is 4.96. The van der Waals surface area contributed by atoms with E-state index in [0.29, 0.717) is 30.3 Å². The van der Waals surface area contributed by atoms with Gasteiger partial charge < -0.3 is 10.2 Å². The molecule has 3 aromatic carbocycles. The molecule has 8 heteroatoms. The molecule has 2 amide bonds. The standard InChI is InChI=1S/C31H28FN5O2/c1-20-3-5-25(16-29(20)35-30(38)27-10-4-21(17-33)15-28(27)32)31(39)37-13-11-24(12-14-37)22-6-8-23(9-7-22)26-18-34-36(2)19-26/h3-10,15-16,18-19,24H,11-14H2,1-2H3,(H,35,38). The number of aromatic nitrogens is 2. The van der Waals surface area contributed by atoms with Crippen LogP contribution in [0, 0.1) is 24.1 Å². The number of benzene rings is 3. The second kappa shape index (κ2) is 10.9. The zero-order chi connectivity index (χ0) is 27.5. The first kappa shape index (κ1) is 25.9. The van der Waals surface area contributed by atoms with E-state index >= 15 is 0 Å². The number of likely N-dealkylation sites (tertiary alicyclic amines) is 1. The van der Waals surface area contributed by atoms with Gasteiger partial charge in [0.1, 0.15) is 5.82 Å². The molecular weight excluding hydrogens is 493 g/mol. The number of nitrogens with one attached hydrogen (secondary N) is 1. The highest BCUT2D eigenvalue weighted by atomic mass is 19.1. The quantitative estimate of drug-likeness (QED) is 0.366. The Labute approximate surface area is 226 Å². The number of nitriles is 1. The van der Waals surface area contributed by atoms with Crippen LogP contribution in [-0.4, -0.2) is 39.6 Å². The third-order valence-electron chi connectivity index (χ3n) is 7.28. The normalized spacial score (nSPS) is 13.6. The number of carbonyl (C=O) groups excluding carboxylic acids is 2. The average Bonchev–Trinajstić information content (AvgIpc) is 3.40. The molecule has 0 unspecified atom stereocenters. The molecule has 1 N–H and O–H groups in total. The summed E-state index contributed by atoms with van der Waals surface area (Å²) in [4.78, 5) is 27.9. The number of halogens is 1. The van der Waals surface area contributed by atoms with E-state index in [1.165, 1.54) is 17.7 Å². The number of anilines is 1. The fourth-order valence-corrected chi connectivity index (χ4v) is 4.96. The minimum absolute atomic E-state index is 0.0968. The minimum Gasteiger partial charge on any atom is -0.339 e. The Bertz CT molecular complexity index is 1580. The van der Waals surface area contributed by atoms with Crippen molar-refractivity contribution >= 4 is 17.5 Å². The number of nitrogens with zero attached hydrogens (tertiary/aromatic N) is 4. The van der Waals surface area contributed by atoms with Gasteiger partial charge in [-0.1, -0.05) is 30.3 Å². The van der Waals surface area contributed by atoms with Crippen LogP contribution in [0.4, 0.5) is 10.1 Å². The van der Waals surface area contributed by atoms with E-state index in [4.69, 9.17) is 5.26 Å². The number of hydrogen-bond donors (Lipinski definition) is 1. The lowest BCUT2D eigenvalue weighted by Crippen LogP contribution is -2.38. The van der Waals surface area contributed by atoms with Crippen LogP contribution in [-0.2, 0) is 7.05 Å². The number of hydrogen-bond acceptors (Lipinski definition) is 4.